The van der Waals surface area contributed by atoms with Gasteiger partial charge in [0, 0.05) is 37.1 Å². The van der Waals surface area contributed by atoms with Gasteiger partial charge < -0.3 is 9.88 Å². The lowest BCUT2D eigenvalue weighted by Gasteiger charge is -2.34. The van der Waals surface area contributed by atoms with Gasteiger partial charge in [0.15, 0.2) is 0 Å². The van der Waals surface area contributed by atoms with Crippen molar-refractivity contribution >= 4 is 5.91 Å². The second-order valence-corrected chi connectivity index (χ2v) is 6.54. The summed E-state index contributed by atoms with van der Waals surface area (Å²) in [6, 6.07) is 5.48. The lowest BCUT2D eigenvalue weighted by molar-refractivity contribution is 0.0686. The van der Waals surface area contributed by atoms with E-state index in [0.717, 1.165) is 42.2 Å². The monoisotopic (exact) mass is 350 g/mol. The predicted octanol–water partition coefficient (Wildman–Crippen LogP) is 2.51. The van der Waals surface area contributed by atoms with E-state index in [1.807, 2.05) is 34.7 Å². The number of amides is 1. The summed E-state index contributed by atoms with van der Waals surface area (Å²) < 4.78 is 1.90. The van der Waals surface area contributed by atoms with Crippen LogP contribution < -0.4 is 0 Å². The molecule has 0 bridgehead atoms. The third kappa shape index (κ3) is 2.69. The molecule has 0 fully saturated rings. The van der Waals surface area contributed by atoms with E-state index >= 15 is 0 Å². The zero-order valence-corrected chi connectivity index (χ0v) is 15.0. The number of aromatic nitrogens is 5. The minimum Gasteiger partial charge on any atom is -0.348 e. The summed E-state index contributed by atoms with van der Waals surface area (Å²) in [6.45, 7) is 5.49. The molecule has 0 unspecified atom stereocenters. The van der Waals surface area contributed by atoms with Crippen molar-refractivity contribution in [3.8, 4) is 0 Å². The highest BCUT2D eigenvalue weighted by atomic mass is 16.2. The molecule has 3 aromatic heterocycles. The number of pyridine rings is 1. The number of hydrogen-bond donors (Lipinski definition) is 1. The normalized spacial score (nSPS) is 16.5. The number of hydrogen-bond acceptors (Lipinski definition) is 4. The highest BCUT2D eigenvalue weighted by Gasteiger charge is 2.36. The number of H-pyrrole nitrogens is 1. The fourth-order valence-corrected chi connectivity index (χ4v) is 3.58. The van der Waals surface area contributed by atoms with Gasteiger partial charge in [-0.3, -0.25) is 14.5 Å². The molecule has 0 spiro atoms. The number of nitrogens with zero attached hydrogens (tertiary/aromatic N) is 5. The molecule has 0 aromatic carbocycles. The fourth-order valence-electron chi connectivity index (χ4n) is 3.58. The third-order valence-corrected chi connectivity index (χ3v) is 4.92. The van der Waals surface area contributed by atoms with Gasteiger partial charge in [0.1, 0.15) is 6.04 Å². The van der Waals surface area contributed by atoms with Gasteiger partial charge >= 0.3 is 0 Å². The largest absolute Gasteiger partial charge is 0.348 e. The first kappa shape index (κ1) is 16.5. The summed E-state index contributed by atoms with van der Waals surface area (Å²) in [7, 11) is 0. The van der Waals surface area contributed by atoms with Crippen LogP contribution in [0.3, 0.4) is 0 Å². The smallest absolute Gasteiger partial charge is 0.258 e. The second kappa shape index (κ2) is 6.74. The Morgan fingerprint density at radius 1 is 1.35 bits per heavy atom. The Labute approximate surface area is 152 Å². The van der Waals surface area contributed by atoms with Crippen molar-refractivity contribution < 1.29 is 4.79 Å². The molecule has 0 saturated carbocycles. The zero-order valence-electron chi connectivity index (χ0n) is 15.0. The molecule has 0 radical (unpaired) electrons. The first-order valence-corrected chi connectivity index (χ1v) is 8.97. The number of aryl methyl sites for hydroxylation is 1. The van der Waals surface area contributed by atoms with Crippen molar-refractivity contribution in [1.29, 1.82) is 0 Å². The standard InChI is InChI=1S/C19H22N6O/c1-3-9-25-13(2)14(11-23-25)19(26)24-10-7-15-17(22-12-21-15)18(24)16-6-4-5-8-20-16/h4-6,8,11-12,18H,3,7,9-10H2,1-2H3,(H,21,22)/t18-/m1/s1. The van der Waals surface area contributed by atoms with Crippen molar-refractivity contribution in [2.75, 3.05) is 6.54 Å². The van der Waals surface area contributed by atoms with E-state index < -0.39 is 0 Å². The lowest BCUT2D eigenvalue weighted by atomic mass is 9.98. The van der Waals surface area contributed by atoms with Crippen molar-refractivity contribution in [2.24, 2.45) is 0 Å². The molecule has 7 heteroatoms. The number of aromatic amines is 1. The quantitative estimate of drug-likeness (QED) is 0.784. The molecule has 1 atom stereocenters. The topological polar surface area (TPSA) is 79.7 Å². The Morgan fingerprint density at radius 3 is 3.00 bits per heavy atom. The molecule has 3 aromatic rings. The molecule has 0 aliphatic carbocycles. The summed E-state index contributed by atoms with van der Waals surface area (Å²) in [6.07, 6.45) is 6.87. The molecule has 7 nitrogen and oxygen atoms in total. The SMILES string of the molecule is CCCn1ncc(C(=O)N2CCc3[nH]cnc3[C@H]2c2ccccn2)c1C. The van der Waals surface area contributed by atoms with Crippen LogP contribution in [-0.2, 0) is 13.0 Å². The molecular weight excluding hydrogens is 328 g/mol. The van der Waals surface area contributed by atoms with Gasteiger partial charge in [-0.1, -0.05) is 13.0 Å². The average Bonchev–Trinajstić information content (AvgIpc) is 3.28. The maximum Gasteiger partial charge on any atom is 0.258 e. The molecule has 134 valence electrons. The molecule has 1 aliphatic heterocycles. The van der Waals surface area contributed by atoms with Crippen LogP contribution in [0.1, 0.15) is 52.5 Å². The van der Waals surface area contributed by atoms with Crippen molar-refractivity contribution in [2.45, 2.75) is 39.3 Å². The van der Waals surface area contributed by atoms with E-state index in [4.69, 9.17) is 0 Å². The number of rotatable bonds is 4. The highest BCUT2D eigenvalue weighted by Crippen LogP contribution is 2.33. The molecule has 26 heavy (non-hydrogen) atoms. The number of carbonyl (C=O) groups is 1. The molecule has 4 rings (SSSR count). The first-order chi connectivity index (χ1) is 12.7. The van der Waals surface area contributed by atoms with Gasteiger partial charge in [0.25, 0.3) is 5.91 Å². The van der Waals surface area contributed by atoms with E-state index in [2.05, 4.69) is 27.0 Å². The zero-order chi connectivity index (χ0) is 18.1. The van der Waals surface area contributed by atoms with Crippen LogP contribution in [-0.4, -0.2) is 42.1 Å². The predicted molar refractivity (Wildman–Crippen MR) is 96.7 cm³/mol. The van der Waals surface area contributed by atoms with Gasteiger partial charge in [-0.25, -0.2) is 4.98 Å². The summed E-state index contributed by atoms with van der Waals surface area (Å²) >= 11 is 0. The molecule has 0 saturated heterocycles. The lowest BCUT2D eigenvalue weighted by Crippen LogP contribution is -2.41. The molecule has 1 N–H and O–H groups in total. The van der Waals surface area contributed by atoms with Gasteiger partial charge in [-0.2, -0.15) is 5.10 Å². The maximum atomic E-state index is 13.4. The Balaban J connectivity index is 1.74. The number of fused-ring (bicyclic) bond motifs is 1. The van der Waals surface area contributed by atoms with Gasteiger partial charge in [-0.05, 0) is 25.5 Å². The van der Waals surface area contributed by atoms with Gasteiger partial charge in [-0.15, -0.1) is 0 Å². The summed E-state index contributed by atoms with van der Waals surface area (Å²) in [5, 5.41) is 4.39. The maximum absolute atomic E-state index is 13.4. The van der Waals surface area contributed by atoms with Crippen LogP contribution in [0.25, 0.3) is 0 Å². The average molecular weight is 350 g/mol. The van der Waals surface area contributed by atoms with Crippen LogP contribution >= 0.6 is 0 Å². The summed E-state index contributed by atoms with van der Waals surface area (Å²) in [5.74, 6) is -0.0193. The molecule has 1 amide bonds. The molecular formula is C19H22N6O. The van der Waals surface area contributed by atoms with Crippen LogP contribution in [0.5, 0.6) is 0 Å². The second-order valence-electron chi connectivity index (χ2n) is 6.54. The number of imidazole rings is 1. The van der Waals surface area contributed by atoms with E-state index in [9.17, 15) is 4.79 Å². The Hall–Kier alpha value is -2.96. The van der Waals surface area contributed by atoms with Crippen LogP contribution in [0, 0.1) is 6.92 Å². The first-order valence-electron chi connectivity index (χ1n) is 8.97. The molecule has 1 aliphatic rings. The third-order valence-electron chi connectivity index (χ3n) is 4.92. The van der Waals surface area contributed by atoms with Crippen molar-refractivity contribution in [3.63, 3.8) is 0 Å². The minimum absolute atomic E-state index is 0.0193. The number of carbonyl (C=O) groups excluding carboxylic acids is 1. The minimum atomic E-state index is -0.285. The Morgan fingerprint density at radius 2 is 2.23 bits per heavy atom. The van der Waals surface area contributed by atoms with Crippen LogP contribution in [0.4, 0.5) is 0 Å². The molecule has 4 heterocycles. The van der Waals surface area contributed by atoms with Gasteiger partial charge in [0.05, 0.1) is 29.5 Å². The van der Waals surface area contributed by atoms with Crippen LogP contribution in [0.2, 0.25) is 0 Å². The van der Waals surface area contributed by atoms with E-state index in [1.54, 1.807) is 18.7 Å². The Bertz CT molecular complexity index is 913. The fraction of sp³-hybridized carbons (Fsp3) is 0.368. The van der Waals surface area contributed by atoms with Crippen molar-refractivity contribution in [3.05, 3.63) is 65.3 Å². The Kier molecular flexibility index (Phi) is 4.28. The van der Waals surface area contributed by atoms with E-state index in [-0.39, 0.29) is 11.9 Å². The van der Waals surface area contributed by atoms with Gasteiger partial charge in [0.2, 0.25) is 0 Å². The summed E-state index contributed by atoms with van der Waals surface area (Å²) in [5.41, 5.74) is 4.33. The summed E-state index contributed by atoms with van der Waals surface area (Å²) in [4.78, 5) is 27.4. The van der Waals surface area contributed by atoms with E-state index in [0.29, 0.717) is 12.1 Å². The van der Waals surface area contributed by atoms with Crippen molar-refractivity contribution in [1.82, 2.24) is 29.6 Å². The van der Waals surface area contributed by atoms with Crippen LogP contribution in [0.15, 0.2) is 36.9 Å². The highest BCUT2D eigenvalue weighted by molar-refractivity contribution is 5.95. The van der Waals surface area contributed by atoms with E-state index in [1.165, 1.54) is 0 Å². The number of nitrogens with one attached hydrogen (secondary N) is 1.